The highest BCUT2D eigenvalue weighted by atomic mass is 32.1. The first-order valence-electron chi connectivity index (χ1n) is 8.89. The maximum absolute atomic E-state index is 12.3. The van der Waals surface area contributed by atoms with Gasteiger partial charge in [0.15, 0.2) is 23.9 Å². The zero-order chi connectivity index (χ0) is 20.4. The molecule has 0 fully saturated rings. The Bertz CT molecular complexity index is 1080. The summed E-state index contributed by atoms with van der Waals surface area (Å²) in [7, 11) is 0. The van der Waals surface area contributed by atoms with Gasteiger partial charge in [-0.15, -0.1) is 11.3 Å². The number of benzene rings is 2. The van der Waals surface area contributed by atoms with E-state index < -0.39 is 0 Å². The predicted molar refractivity (Wildman–Crippen MR) is 109 cm³/mol. The lowest BCUT2D eigenvalue weighted by Crippen LogP contribution is -2.21. The van der Waals surface area contributed by atoms with E-state index in [4.69, 9.17) is 14.2 Å². The van der Waals surface area contributed by atoms with Crippen molar-refractivity contribution in [2.24, 2.45) is 0 Å². The fraction of sp³-hybridized carbons (Fsp3) is 0.190. The minimum Gasteiger partial charge on any atom is -0.484 e. The van der Waals surface area contributed by atoms with E-state index in [0.717, 1.165) is 16.3 Å². The van der Waals surface area contributed by atoms with Gasteiger partial charge < -0.3 is 19.5 Å². The molecule has 3 aromatic rings. The van der Waals surface area contributed by atoms with Gasteiger partial charge in [-0.2, -0.15) is 0 Å². The van der Waals surface area contributed by atoms with E-state index in [1.807, 2.05) is 24.4 Å². The maximum Gasteiger partial charge on any atom is 0.262 e. The number of ketones is 1. The van der Waals surface area contributed by atoms with Crippen LogP contribution >= 0.6 is 11.3 Å². The minimum atomic E-state index is -0.383. The lowest BCUT2D eigenvalue weighted by atomic mass is 10.1. The number of anilines is 1. The molecule has 0 saturated carbocycles. The Morgan fingerprint density at radius 2 is 1.90 bits per heavy atom. The molecule has 0 aliphatic carbocycles. The number of carbonyl (C=O) groups is 2. The number of Topliss-reactive ketones (excluding diaryl/α,β-unsaturated/α-hetero) is 1. The predicted octanol–water partition coefficient (Wildman–Crippen LogP) is 4.07. The molecule has 8 heteroatoms. The first kappa shape index (κ1) is 18.9. The normalized spacial score (nSPS) is 11.9. The largest absolute Gasteiger partial charge is 0.484 e. The molecule has 0 atom stereocenters. The standard InChI is InChI=1S/C21H18N2O5S/c1-12-10-29-21(22-12)14-3-5-15(6-4-14)26-9-20(25)23-17-8-19-18(27-11-28-19)7-16(17)13(2)24/h3-8,10H,9,11H2,1-2H3,(H,23,25). The minimum absolute atomic E-state index is 0.0870. The number of nitrogens with zero attached hydrogens (tertiary/aromatic N) is 1. The SMILES string of the molecule is CC(=O)c1cc2c(cc1NC(=O)COc1ccc(-c3nc(C)cs3)cc1)OCO2. The number of aryl methyl sites for hydroxylation is 1. The Morgan fingerprint density at radius 3 is 2.55 bits per heavy atom. The first-order valence-corrected chi connectivity index (χ1v) is 9.77. The number of hydrogen-bond acceptors (Lipinski definition) is 7. The number of rotatable bonds is 6. The van der Waals surface area contributed by atoms with Crippen LogP contribution in [0, 0.1) is 6.92 Å². The van der Waals surface area contributed by atoms with Crippen LogP contribution in [-0.4, -0.2) is 30.1 Å². The summed E-state index contributed by atoms with van der Waals surface area (Å²) in [5.74, 6) is 0.965. The Labute approximate surface area is 171 Å². The number of aromatic nitrogens is 1. The summed E-state index contributed by atoms with van der Waals surface area (Å²) < 4.78 is 16.2. The van der Waals surface area contributed by atoms with Gasteiger partial charge in [-0.1, -0.05) is 0 Å². The molecule has 1 aliphatic rings. The lowest BCUT2D eigenvalue weighted by Gasteiger charge is -2.11. The fourth-order valence-electron chi connectivity index (χ4n) is 2.85. The molecule has 29 heavy (non-hydrogen) atoms. The van der Waals surface area contributed by atoms with Crippen LogP contribution in [0.25, 0.3) is 10.6 Å². The van der Waals surface area contributed by atoms with Gasteiger partial charge in [0.05, 0.1) is 5.69 Å². The van der Waals surface area contributed by atoms with Gasteiger partial charge in [0.2, 0.25) is 6.79 Å². The first-order chi connectivity index (χ1) is 14.0. The molecule has 0 spiro atoms. The van der Waals surface area contributed by atoms with Crippen molar-refractivity contribution in [3.8, 4) is 27.8 Å². The molecule has 2 heterocycles. The van der Waals surface area contributed by atoms with Gasteiger partial charge in [0, 0.05) is 28.3 Å². The van der Waals surface area contributed by atoms with E-state index in [0.29, 0.717) is 28.5 Å². The molecule has 1 N–H and O–H groups in total. The molecule has 0 radical (unpaired) electrons. The third kappa shape index (κ3) is 4.22. The molecule has 1 aromatic heterocycles. The summed E-state index contributed by atoms with van der Waals surface area (Å²) in [4.78, 5) is 28.7. The van der Waals surface area contributed by atoms with Crippen molar-refractivity contribution in [2.75, 3.05) is 18.7 Å². The van der Waals surface area contributed by atoms with Crippen molar-refractivity contribution >= 4 is 28.7 Å². The van der Waals surface area contributed by atoms with Crippen LogP contribution in [0.5, 0.6) is 17.2 Å². The molecule has 148 valence electrons. The van der Waals surface area contributed by atoms with Gasteiger partial charge in [-0.25, -0.2) is 4.98 Å². The molecule has 7 nitrogen and oxygen atoms in total. The Kier molecular flexibility index (Phi) is 5.18. The second-order valence-corrected chi connectivity index (χ2v) is 7.32. The van der Waals surface area contributed by atoms with Crippen LogP contribution in [0.15, 0.2) is 41.8 Å². The van der Waals surface area contributed by atoms with Gasteiger partial charge in [-0.05, 0) is 44.2 Å². The Balaban J connectivity index is 1.40. The van der Waals surface area contributed by atoms with E-state index in [1.54, 1.807) is 35.6 Å². The smallest absolute Gasteiger partial charge is 0.262 e. The summed E-state index contributed by atoms with van der Waals surface area (Å²) in [6.07, 6.45) is 0. The fourth-order valence-corrected chi connectivity index (χ4v) is 3.66. The number of carbonyl (C=O) groups excluding carboxylic acids is 2. The highest BCUT2D eigenvalue weighted by Gasteiger charge is 2.20. The van der Waals surface area contributed by atoms with Crippen LogP contribution in [-0.2, 0) is 4.79 Å². The van der Waals surface area contributed by atoms with E-state index >= 15 is 0 Å². The number of thiazole rings is 1. The van der Waals surface area contributed by atoms with Crippen molar-refractivity contribution in [1.29, 1.82) is 0 Å². The van der Waals surface area contributed by atoms with Crippen molar-refractivity contribution in [3.05, 3.63) is 53.0 Å². The Hall–Kier alpha value is -3.39. The molecule has 0 bridgehead atoms. The van der Waals surface area contributed by atoms with Crippen molar-refractivity contribution in [1.82, 2.24) is 4.98 Å². The average molecular weight is 410 g/mol. The van der Waals surface area contributed by atoms with E-state index in [9.17, 15) is 9.59 Å². The molecular weight excluding hydrogens is 392 g/mol. The zero-order valence-corrected chi connectivity index (χ0v) is 16.7. The third-order valence-corrected chi connectivity index (χ3v) is 5.27. The lowest BCUT2D eigenvalue weighted by molar-refractivity contribution is -0.118. The van der Waals surface area contributed by atoms with Gasteiger partial charge in [-0.3, -0.25) is 9.59 Å². The molecular formula is C21H18N2O5S. The second-order valence-electron chi connectivity index (χ2n) is 6.46. The highest BCUT2D eigenvalue weighted by Crippen LogP contribution is 2.37. The molecule has 0 saturated heterocycles. The number of fused-ring (bicyclic) bond motifs is 1. The third-order valence-electron chi connectivity index (χ3n) is 4.26. The second kappa shape index (κ2) is 7.92. The topological polar surface area (TPSA) is 86.8 Å². The maximum atomic E-state index is 12.3. The summed E-state index contributed by atoms with van der Waals surface area (Å²) in [5.41, 5.74) is 2.69. The van der Waals surface area contributed by atoms with Crippen LogP contribution in [0.2, 0.25) is 0 Å². The van der Waals surface area contributed by atoms with Crippen molar-refractivity contribution < 1.29 is 23.8 Å². The van der Waals surface area contributed by atoms with Crippen LogP contribution in [0.4, 0.5) is 5.69 Å². The molecule has 1 aliphatic heterocycles. The number of hydrogen-bond donors (Lipinski definition) is 1. The number of nitrogens with one attached hydrogen (secondary N) is 1. The highest BCUT2D eigenvalue weighted by molar-refractivity contribution is 7.13. The quantitative estimate of drug-likeness (QED) is 0.617. The summed E-state index contributed by atoms with van der Waals surface area (Å²) in [6.45, 7) is 3.27. The van der Waals surface area contributed by atoms with E-state index in [1.165, 1.54) is 6.92 Å². The van der Waals surface area contributed by atoms with Gasteiger partial charge in [0.25, 0.3) is 5.91 Å². The summed E-state index contributed by atoms with van der Waals surface area (Å²) >= 11 is 1.58. The molecule has 0 unspecified atom stereocenters. The average Bonchev–Trinajstić information content (AvgIpc) is 3.34. The van der Waals surface area contributed by atoms with Crippen LogP contribution in [0.1, 0.15) is 23.0 Å². The number of ether oxygens (including phenoxy) is 3. The number of amides is 1. The van der Waals surface area contributed by atoms with Crippen LogP contribution in [0.3, 0.4) is 0 Å². The summed E-state index contributed by atoms with van der Waals surface area (Å²) in [5, 5.41) is 5.64. The van der Waals surface area contributed by atoms with Crippen molar-refractivity contribution in [2.45, 2.75) is 13.8 Å². The molecule has 4 rings (SSSR count). The van der Waals surface area contributed by atoms with Crippen LogP contribution < -0.4 is 19.5 Å². The summed E-state index contributed by atoms with van der Waals surface area (Å²) in [6, 6.07) is 10.5. The van der Waals surface area contributed by atoms with E-state index in [2.05, 4.69) is 10.3 Å². The Morgan fingerprint density at radius 1 is 1.17 bits per heavy atom. The van der Waals surface area contributed by atoms with Gasteiger partial charge >= 0.3 is 0 Å². The molecule has 2 aromatic carbocycles. The van der Waals surface area contributed by atoms with Crippen molar-refractivity contribution in [3.63, 3.8) is 0 Å². The zero-order valence-electron chi connectivity index (χ0n) is 15.9. The van der Waals surface area contributed by atoms with E-state index in [-0.39, 0.29) is 25.1 Å². The monoisotopic (exact) mass is 410 g/mol. The molecule has 1 amide bonds. The van der Waals surface area contributed by atoms with Gasteiger partial charge in [0.1, 0.15) is 10.8 Å².